The van der Waals surface area contributed by atoms with Crippen molar-refractivity contribution in [2.45, 2.75) is 0 Å². The van der Waals surface area contributed by atoms with E-state index in [0.29, 0.717) is 22.8 Å². The molecule has 0 spiro atoms. The molecule has 0 bridgehead atoms. The van der Waals surface area contributed by atoms with Gasteiger partial charge in [-0.25, -0.2) is 14.4 Å². The fourth-order valence-electron chi connectivity index (χ4n) is 1.50. The summed E-state index contributed by atoms with van der Waals surface area (Å²) in [5, 5.41) is 2.82. The van der Waals surface area contributed by atoms with E-state index >= 15 is 0 Å². The summed E-state index contributed by atoms with van der Waals surface area (Å²) in [4.78, 5) is 8.16. The summed E-state index contributed by atoms with van der Waals surface area (Å²) in [6, 6.07) is 4.33. The van der Waals surface area contributed by atoms with Gasteiger partial charge in [-0.15, -0.1) is 0 Å². The van der Waals surface area contributed by atoms with Crippen molar-refractivity contribution in [3.63, 3.8) is 0 Å². The largest absolute Gasteiger partial charge is 0.496 e. The molecule has 1 heterocycles. The van der Waals surface area contributed by atoms with Gasteiger partial charge in [-0.1, -0.05) is 0 Å². The number of benzene rings is 1. The highest BCUT2D eigenvalue weighted by Crippen LogP contribution is 2.29. The number of hydrogen-bond donors (Lipinski definition) is 1. The Morgan fingerprint density at radius 2 is 1.94 bits per heavy atom. The monoisotopic (exact) mass is 233 g/mol. The van der Waals surface area contributed by atoms with Crippen molar-refractivity contribution in [3.8, 4) is 16.9 Å². The number of nitrogens with zero attached hydrogens (tertiary/aromatic N) is 2. The van der Waals surface area contributed by atoms with E-state index in [1.54, 1.807) is 32.6 Å². The molecule has 5 heteroatoms. The number of rotatable bonds is 3. The van der Waals surface area contributed by atoms with Crippen LogP contribution in [0.15, 0.2) is 30.6 Å². The van der Waals surface area contributed by atoms with Crippen molar-refractivity contribution < 1.29 is 9.13 Å². The van der Waals surface area contributed by atoms with Crippen LogP contribution in [-0.2, 0) is 0 Å². The Bertz CT molecular complexity index is 514. The second-order valence-corrected chi connectivity index (χ2v) is 3.39. The minimum Gasteiger partial charge on any atom is -0.496 e. The highest BCUT2D eigenvalue weighted by atomic mass is 19.1. The predicted octanol–water partition coefficient (Wildman–Crippen LogP) is 2.33. The summed E-state index contributed by atoms with van der Waals surface area (Å²) in [7, 11) is 3.28. The van der Waals surface area contributed by atoms with E-state index in [0.717, 1.165) is 0 Å². The van der Waals surface area contributed by atoms with E-state index in [1.165, 1.54) is 12.1 Å². The Kier molecular flexibility index (Phi) is 3.18. The molecule has 0 aliphatic rings. The van der Waals surface area contributed by atoms with Crippen LogP contribution in [0.2, 0.25) is 0 Å². The summed E-state index contributed by atoms with van der Waals surface area (Å²) in [6.07, 6.45) is 3.24. The number of methoxy groups -OCH3 is 1. The van der Waals surface area contributed by atoms with Crippen LogP contribution in [0.4, 0.5) is 10.3 Å². The van der Waals surface area contributed by atoms with Gasteiger partial charge >= 0.3 is 0 Å². The van der Waals surface area contributed by atoms with Gasteiger partial charge in [-0.3, -0.25) is 0 Å². The Labute approximate surface area is 98.5 Å². The zero-order chi connectivity index (χ0) is 12.3. The smallest absolute Gasteiger partial charge is 0.222 e. The van der Waals surface area contributed by atoms with E-state index in [9.17, 15) is 4.39 Å². The molecule has 1 aromatic carbocycles. The maximum absolute atomic E-state index is 13.2. The van der Waals surface area contributed by atoms with Crippen LogP contribution in [-0.4, -0.2) is 24.1 Å². The van der Waals surface area contributed by atoms with Crippen molar-refractivity contribution in [2.24, 2.45) is 0 Å². The predicted molar refractivity (Wildman–Crippen MR) is 63.5 cm³/mol. The van der Waals surface area contributed by atoms with Gasteiger partial charge in [0.2, 0.25) is 5.95 Å². The van der Waals surface area contributed by atoms with Crippen LogP contribution < -0.4 is 10.1 Å². The maximum Gasteiger partial charge on any atom is 0.222 e. The lowest BCUT2D eigenvalue weighted by atomic mass is 10.1. The standard InChI is InChI=1S/C12H12FN3O/c1-14-12-15-6-8(7-16-12)10-5-9(13)3-4-11(10)17-2/h3-7H,1-2H3,(H,14,15,16). The lowest BCUT2D eigenvalue weighted by Gasteiger charge is -2.08. The molecular formula is C12H12FN3O. The van der Waals surface area contributed by atoms with Crippen molar-refractivity contribution in [3.05, 3.63) is 36.4 Å². The van der Waals surface area contributed by atoms with Gasteiger partial charge < -0.3 is 10.1 Å². The van der Waals surface area contributed by atoms with E-state index < -0.39 is 0 Å². The Hall–Kier alpha value is -2.17. The van der Waals surface area contributed by atoms with Crippen molar-refractivity contribution in [1.82, 2.24) is 9.97 Å². The van der Waals surface area contributed by atoms with Gasteiger partial charge in [0.15, 0.2) is 0 Å². The van der Waals surface area contributed by atoms with Crippen molar-refractivity contribution in [2.75, 3.05) is 19.5 Å². The molecule has 0 unspecified atom stereocenters. The molecule has 0 radical (unpaired) electrons. The third kappa shape index (κ3) is 2.33. The molecule has 0 saturated heterocycles. The Balaban J connectivity index is 2.47. The number of halogens is 1. The fourth-order valence-corrected chi connectivity index (χ4v) is 1.50. The second kappa shape index (κ2) is 4.78. The zero-order valence-electron chi connectivity index (χ0n) is 9.57. The van der Waals surface area contributed by atoms with Gasteiger partial charge in [0, 0.05) is 30.6 Å². The van der Waals surface area contributed by atoms with Crippen molar-refractivity contribution >= 4 is 5.95 Å². The van der Waals surface area contributed by atoms with E-state index in [2.05, 4.69) is 15.3 Å². The molecule has 17 heavy (non-hydrogen) atoms. The summed E-state index contributed by atoms with van der Waals surface area (Å²) in [5.74, 6) is 0.787. The molecule has 88 valence electrons. The highest BCUT2D eigenvalue weighted by molar-refractivity contribution is 5.69. The first kappa shape index (κ1) is 11.3. The quantitative estimate of drug-likeness (QED) is 0.883. The van der Waals surface area contributed by atoms with Crippen LogP contribution in [0.1, 0.15) is 0 Å². The number of ether oxygens (including phenoxy) is 1. The zero-order valence-corrected chi connectivity index (χ0v) is 9.57. The lowest BCUT2D eigenvalue weighted by molar-refractivity contribution is 0.415. The van der Waals surface area contributed by atoms with Crippen LogP contribution in [0, 0.1) is 5.82 Å². The van der Waals surface area contributed by atoms with Crippen LogP contribution in [0.5, 0.6) is 5.75 Å². The van der Waals surface area contributed by atoms with E-state index in [1.807, 2.05) is 0 Å². The minimum atomic E-state index is -0.321. The molecule has 0 aliphatic carbocycles. The average molecular weight is 233 g/mol. The molecule has 2 aromatic rings. The molecule has 0 fully saturated rings. The molecule has 1 N–H and O–H groups in total. The van der Waals surface area contributed by atoms with Crippen LogP contribution in [0.25, 0.3) is 11.1 Å². The first-order valence-corrected chi connectivity index (χ1v) is 5.08. The molecular weight excluding hydrogens is 221 g/mol. The minimum absolute atomic E-state index is 0.321. The van der Waals surface area contributed by atoms with Gasteiger partial charge in [0.05, 0.1) is 7.11 Å². The Morgan fingerprint density at radius 1 is 1.24 bits per heavy atom. The van der Waals surface area contributed by atoms with Crippen LogP contribution >= 0.6 is 0 Å². The topological polar surface area (TPSA) is 47.0 Å². The lowest BCUT2D eigenvalue weighted by Crippen LogP contribution is -1.96. The summed E-state index contributed by atoms with van der Waals surface area (Å²) in [5.41, 5.74) is 1.34. The molecule has 0 atom stereocenters. The summed E-state index contributed by atoms with van der Waals surface area (Å²) < 4.78 is 18.4. The van der Waals surface area contributed by atoms with Gasteiger partial charge in [-0.2, -0.15) is 0 Å². The van der Waals surface area contributed by atoms with Gasteiger partial charge in [-0.05, 0) is 18.2 Å². The van der Waals surface area contributed by atoms with E-state index in [-0.39, 0.29) is 5.82 Å². The molecule has 4 nitrogen and oxygen atoms in total. The number of hydrogen-bond acceptors (Lipinski definition) is 4. The van der Waals surface area contributed by atoms with Crippen LogP contribution in [0.3, 0.4) is 0 Å². The summed E-state index contributed by atoms with van der Waals surface area (Å²) in [6.45, 7) is 0. The number of aromatic nitrogens is 2. The third-order valence-electron chi connectivity index (χ3n) is 2.35. The maximum atomic E-state index is 13.2. The number of anilines is 1. The molecule has 1 aromatic heterocycles. The second-order valence-electron chi connectivity index (χ2n) is 3.39. The molecule has 0 saturated carbocycles. The van der Waals surface area contributed by atoms with Gasteiger partial charge in [0.25, 0.3) is 0 Å². The normalized spacial score (nSPS) is 10.1. The number of nitrogens with one attached hydrogen (secondary N) is 1. The SMILES string of the molecule is CNc1ncc(-c2cc(F)ccc2OC)cn1. The average Bonchev–Trinajstić information content (AvgIpc) is 2.39. The molecule has 0 aliphatic heterocycles. The van der Waals surface area contributed by atoms with E-state index in [4.69, 9.17) is 4.74 Å². The molecule has 0 amide bonds. The van der Waals surface area contributed by atoms with Gasteiger partial charge in [0.1, 0.15) is 11.6 Å². The first-order chi connectivity index (χ1) is 8.24. The third-order valence-corrected chi connectivity index (χ3v) is 2.35. The molecule has 2 rings (SSSR count). The fraction of sp³-hybridized carbons (Fsp3) is 0.167. The Morgan fingerprint density at radius 3 is 2.53 bits per heavy atom. The highest BCUT2D eigenvalue weighted by Gasteiger charge is 2.08. The summed E-state index contributed by atoms with van der Waals surface area (Å²) >= 11 is 0. The first-order valence-electron chi connectivity index (χ1n) is 5.08. The van der Waals surface area contributed by atoms with Crippen molar-refractivity contribution in [1.29, 1.82) is 0 Å².